The van der Waals surface area contributed by atoms with Crippen LogP contribution in [0.15, 0.2) is 79.4 Å². The van der Waals surface area contributed by atoms with Crippen molar-refractivity contribution >= 4 is 0 Å². The Kier molecular flexibility index (Phi) is 12.5. The van der Waals surface area contributed by atoms with Crippen LogP contribution in [0.3, 0.4) is 0 Å². The number of allylic oxidation sites excluding steroid dienone is 3. The molecule has 2 N–H and O–H groups in total. The minimum Gasteiger partial charge on any atom is -0.508 e. The molecule has 0 aliphatic heterocycles. The van der Waals surface area contributed by atoms with E-state index < -0.39 is 0 Å². The van der Waals surface area contributed by atoms with Crippen molar-refractivity contribution in [1.82, 2.24) is 5.32 Å². The molecule has 1 aliphatic carbocycles. The molecule has 0 bridgehead atoms. The second-order valence-corrected chi connectivity index (χ2v) is 6.60. The SMILES string of the molecule is C=CCC.CNCCc1ccccc1.Oc1cccc(C2C=CCCC2)c1. The average Bonchev–Trinajstić information content (AvgIpc) is 2.74. The molecule has 2 nitrogen and oxygen atoms in total. The zero-order valence-corrected chi connectivity index (χ0v) is 16.9. The van der Waals surface area contributed by atoms with E-state index in [2.05, 4.69) is 61.3 Å². The Morgan fingerprint density at radius 1 is 1.15 bits per heavy atom. The highest BCUT2D eigenvalue weighted by molar-refractivity contribution is 5.32. The Morgan fingerprint density at radius 2 is 1.89 bits per heavy atom. The van der Waals surface area contributed by atoms with Crippen LogP contribution in [0.1, 0.15) is 49.7 Å². The average molecular weight is 366 g/mol. The van der Waals surface area contributed by atoms with Gasteiger partial charge in [0.2, 0.25) is 0 Å². The fraction of sp³-hybridized carbons (Fsp3) is 0.360. The van der Waals surface area contributed by atoms with Crippen molar-refractivity contribution in [3.63, 3.8) is 0 Å². The molecule has 1 atom stereocenters. The first kappa shape index (κ1) is 22.7. The topological polar surface area (TPSA) is 32.3 Å². The van der Waals surface area contributed by atoms with Gasteiger partial charge in [0.1, 0.15) is 5.75 Å². The lowest BCUT2D eigenvalue weighted by Crippen LogP contribution is -2.09. The summed E-state index contributed by atoms with van der Waals surface area (Å²) in [5.41, 5.74) is 2.63. The molecular formula is C25H35NO. The largest absolute Gasteiger partial charge is 0.508 e. The van der Waals surface area contributed by atoms with Crippen LogP contribution >= 0.6 is 0 Å². The van der Waals surface area contributed by atoms with Gasteiger partial charge in [0.05, 0.1) is 0 Å². The molecule has 0 spiro atoms. The molecule has 27 heavy (non-hydrogen) atoms. The van der Waals surface area contributed by atoms with Crippen molar-refractivity contribution in [3.05, 3.63) is 90.5 Å². The maximum absolute atomic E-state index is 9.32. The molecule has 0 aromatic heterocycles. The third-order valence-electron chi connectivity index (χ3n) is 4.35. The number of nitrogens with one attached hydrogen (secondary N) is 1. The van der Waals surface area contributed by atoms with Crippen LogP contribution in [0.4, 0.5) is 0 Å². The lowest BCUT2D eigenvalue weighted by atomic mass is 9.89. The fourth-order valence-electron chi connectivity index (χ4n) is 2.76. The molecule has 0 saturated heterocycles. The lowest BCUT2D eigenvalue weighted by Gasteiger charge is -2.16. The van der Waals surface area contributed by atoms with E-state index in [9.17, 15) is 5.11 Å². The summed E-state index contributed by atoms with van der Waals surface area (Å²) in [5, 5.41) is 12.4. The highest BCUT2D eigenvalue weighted by Gasteiger charge is 2.10. The van der Waals surface area contributed by atoms with E-state index in [1.807, 2.05) is 31.3 Å². The molecule has 1 aliphatic rings. The number of hydrogen-bond acceptors (Lipinski definition) is 2. The highest BCUT2D eigenvalue weighted by atomic mass is 16.3. The summed E-state index contributed by atoms with van der Waals surface area (Å²) in [4.78, 5) is 0. The van der Waals surface area contributed by atoms with Crippen LogP contribution in [0.2, 0.25) is 0 Å². The van der Waals surface area contributed by atoms with Gasteiger partial charge in [-0.05, 0) is 69.0 Å². The molecule has 2 heteroatoms. The van der Waals surface area contributed by atoms with Gasteiger partial charge in [0, 0.05) is 5.92 Å². The predicted molar refractivity (Wildman–Crippen MR) is 118 cm³/mol. The highest BCUT2D eigenvalue weighted by Crippen LogP contribution is 2.29. The van der Waals surface area contributed by atoms with E-state index >= 15 is 0 Å². The maximum Gasteiger partial charge on any atom is 0.115 e. The van der Waals surface area contributed by atoms with E-state index in [0.717, 1.165) is 19.4 Å². The molecule has 2 aromatic rings. The number of phenolic OH excluding ortho intramolecular Hbond substituents is 1. The zero-order valence-electron chi connectivity index (χ0n) is 16.9. The molecular weight excluding hydrogens is 330 g/mol. The summed E-state index contributed by atoms with van der Waals surface area (Å²) in [6, 6.07) is 18.1. The number of phenols is 1. The molecule has 0 amide bonds. The first-order chi connectivity index (χ1) is 13.2. The van der Waals surface area contributed by atoms with Gasteiger partial charge in [-0.3, -0.25) is 0 Å². The van der Waals surface area contributed by atoms with Gasteiger partial charge < -0.3 is 10.4 Å². The van der Waals surface area contributed by atoms with Crippen LogP contribution in [-0.4, -0.2) is 18.7 Å². The van der Waals surface area contributed by atoms with Crippen LogP contribution in [0.5, 0.6) is 5.75 Å². The van der Waals surface area contributed by atoms with Crippen LogP contribution < -0.4 is 5.32 Å². The van der Waals surface area contributed by atoms with Gasteiger partial charge in [-0.2, -0.15) is 0 Å². The molecule has 3 rings (SSSR count). The van der Waals surface area contributed by atoms with E-state index in [1.165, 1.54) is 30.4 Å². The van der Waals surface area contributed by atoms with E-state index in [1.54, 1.807) is 6.07 Å². The molecule has 146 valence electrons. The summed E-state index contributed by atoms with van der Waals surface area (Å²) in [6.45, 7) is 6.60. The molecule has 1 unspecified atom stereocenters. The summed E-state index contributed by atoms with van der Waals surface area (Å²) < 4.78 is 0. The number of rotatable bonds is 5. The van der Waals surface area contributed by atoms with Gasteiger partial charge in [0.15, 0.2) is 0 Å². The first-order valence-electron chi connectivity index (χ1n) is 9.96. The summed E-state index contributed by atoms with van der Waals surface area (Å²) in [6.07, 6.45) is 12.2. The first-order valence-corrected chi connectivity index (χ1v) is 9.96. The Balaban J connectivity index is 0.000000232. The van der Waals surface area contributed by atoms with E-state index in [-0.39, 0.29) is 0 Å². The number of aromatic hydroxyl groups is 1. The number of hydrogen-bond donors (Lipinski definition) is 2. The van der Waals surface area contributed by atoms with Gasteiger partial charge in [-0.15, -0.1) is 6.58 Å². The second-order valence-electron chi connectivity index (χ2n) is 6.60. The monoisotopic (exact) mass is 365 g/mol. The van der Waals surface area contributed by atoms with Crippen molar-refractivity contribution in [2.24, 2.45) is 0 Å². The number of likely N-dealkylation sites (N-methyl/N-ethyl adjacent to an activating group) is 1. The minimum atomic E-state index is 0.372. The predicted octanol–water partition coefficient (Wildman–Crippen LogP) is 6.25. The van der Waals surface area contributed by atoms with Gasteiger partial charge >= 0.3 is 0 Å². The Bertz CT molecular complexity index is 648. The second kappa shape index (κ2) is 14.8. The molecule has 0 heterocycles. The third-order valence-corrected chi connectivity index (χ3v) is 4.35. The van der Waals surface area contributed by atoms with Crippen molar-refractivity contribution < 1.29 is 5.11 Å². The fourth-order valence-corrected chi connectivity index (χ4v) is 2.76. The quantitative estimate of drug-likeness (QED) is 0.614. The zero-order chi connectivity index (χ0) is 19.7. The van der Waals surface area contributed by atoms with Gasteiger partial charge in [-0.25, -0.2) is 0 Å². The Labute approximate surface area is 165 Å². The number of benzene rings is 2. The molecule has 2 aromatic carbocycles. The Hall–Kier alpha value is -2.32. The smallest absolute Gasteiger partial charge is 0.115 e. The lowest BCUT2D eigenvalue weighted by molar-refractivity contribution is 0.473. The van der Waals surface area contributed by atoms with E-state index in [4.69, 9.17) is 0 Å². The van der Waals surface area contributed by atoms with Crippen LogP contribution in [0, 0.1) is 0 Å². The van der Waals surface area contributed by atoms with Crippen molar-refractivity contribution in [2.45, 2.75) is 44.9 Å². The van der Waals surface area contributed by atoms with Crippen LogP contribution in [-0.2, 0) is 6.42 Å². The minimum absolute atomic E-state index is 0.372. The Morgan fingerprint density at radius 3 is 2.44 bits per heavy atom. The van der Waals surface area contributed by atoms with Crippen molar-refractivity contribution in [3.8, 4) is 5.75 Å². The molecule has 0 fully saturated rings. The molecule has 0 radical (unpaired) electrons. The normalized spacial score (nSPS) is 15.0. The van der Waals surface area contributed by atoms with E-state index in [0.29, 0.717) is 11.7 Å². The van der Waals surface area contributed by atoms with Crippen LogP contribution in [0.25, 0.3) is 0 Å². The molecule has 0 saturated carbocycles. The van der Waals surface area contributed by atoms with Crippen molar-refractivity contribution in [1.29, 1.82) is 0 Å². The van der Waals surface area contributed by atoms with Gasteiger partial charge in [-0.1, -0.05) is 67.6 Å². The summed E-state index contributed by atoms with van der Waals surface area (Å²) in [5.74, 6) is 0.886. The third kappa shape index (κ3) is 10.4. The van der Waals surface area contributed by atoms with Gasteiger partial charge in [0.25, 0.3) is 0 Å². The van der Waals surface area contributed by atoms with Crippen molar-refractivity contribution in [2.75, 3.05) is 13.6 Å². The standard InChI is InChI=1S/C12H14O.C9H13N.C4H8/c13-12-8-4-7-11(9-12)10-5-2-1-3-6-10;1-10-8-7-9-5-3-2-4-6-9;1-3-4-2/h2,4-5,7-10,13H,1,3,6H2;2-6,10H,7-8H2,1H3;3H,1,4H2,2H3. The summed E-state index contributed by atoms with van der Waals surface area (Å²) >= 11 is 0. The summed E-state index contributed by atoms with van der Waals surface area (Å²) in [7, 11) is 1.98. The maximum atomic E-state index is 9.32.